The van der Waals surface area contributed by atoms with E-state index >= 15 is 0 Å². The highest BCUT2D eigenvalue weighted by molar-refractivity contribution is 5.89. The molecule has 0 bridgehead atoms. The van der Waals surface area contributed by atoms with Gasteiger partial charge in [-0.1, -0.05) is 0 Å². The van der Waals surface area contributed by atoms with Gasteiger partial charge in [0.25, 0.3) is 0 Å². The van der Waals surface area contributed by atoms with E-state index in [1.807, 2.05) is 40.2 Å². The lowest BCUT2D eigenvalue weighted by Gasteiger charge is -2.22. The number of carboxylic acid groups (broad SMARTS) is 1. The molecule has 0 spiro atoms. The van der Waals surface area contributed by atoms with Gasteiger partial charge in [0, 0.05) is 25.8 Å². The minimum absolute atomic E-state index is 0.370. The van der Waals surface area contributed by atoms with E-state index in [0.29, 0.717) is 5.56 Å². The van der Waals surface area contributed by atoms with E-state index in [0.717, 1.165) is 24.3 Å². The van der Waals surface area contributed by atoms with Gasteiger partial charge < -0.3 is 14.9 Å². The monoisotopic (exact) mass is 236 g/mol. The number of benzene rings is 1. The van der Waals surface area contributed by atoms with Gasteiger partial charge in [-0.25, -0.2) is 4.79 Å². The Morgan fingerprint density at radius 1 is 1.24 bits per heavy atom. The Balaban J connectivity index is 2.79. The van der Waals surface area contributed by atoms with Crippen LogP contribution in [0.15, 0.2) is 18.2 Å². The van der Waals surface area contributed by atoms with Crippen molar-refractivity contribution in [3.05, 3.63) is 29.3 Å². The molecule has 1 rings (SSSR count). The third kappa shape index (κ3) is 3.75. The van der Waals surface area contributed by atoms with Crippen molar-refractivity contribution in [3.63, 3.8) is 0 Å². The summed E-state index contributed by atoms with van der Waals surface area (Å²) >= 11 is 0. The quantitative estimate of drug-likeness (QED) is 0.845. The lowest BCUT2D eigenvalue weighted by atomic mass is 10.1. The predicted octanol–water partition coefficient (Wildman–Crippen LogP) is 1.69. The van der Waals surface area contributed by atoms with E-state index in [4.69, 9.17) is 5.11 Å². The smallest absolute Gasteiger partial charge is 0.335 e. The van der Waals surface area contributed by atoms with Crippen LogP contribution in [0.4, 0.5) is 5.69 Å². The van der Waals surface area contributed by atoms with Crippen molar-refractivity contribution in [1.82, 2.24) is 4.90 Å². The van der Waals surface area contributed by atoms with Crippen LogP contribution in [0.2, 0.25) is 0 Å². The van der Waals surface area contributed by atoms with Gasteiger partial charge in [0.1, 0.15) is 0 Å². The molecule has 1 N–H and O–H groups in total. The first-order valence-electron chi connectivity index (χ1n) is 5.61. The standard InChI is InChI=1S/C13H20N2O2/c1-10-9-11(5-6-12(10)13(16)17)15(4)8-7-14(2)3/h5-6,9H,7-8H2,1-4H3,(H,16,17). The molecule has 0 amide bonds. The number of hydrogen-bond donors (Lipinski definition) is 1. The van der Waals surface area contributed by atoms with Crippen LogP contribution in [-0.4, -0.2) is 50.2 Å². The molecule has 0 saturated carbocycles. The fourth-order valence-corrected chi connectivity index (χ4v) is 1.60. The van der Waals surface area contributed by atoms with Crippen LogP contribution in [0.3, 0.4) is 0 Å². The minimum Gasteiger partial charge on any atom is -0.478 e. The van der Waals surface area contributed by atoms with Crippen molar-refractivity contribution >= 4 is 11.7 Å². The van der Waals surface area contributed by atoms with E-state index in [1.165, 1.54) is 0 Å². The first-order chi connectivity index (χ1) is 7.91. The molecule has 0 aromatic heterocycles. The number of likely N-dealkylation sites (N-methyl/N-ethyl adjacent to an activating group) is 2. The lowest BCUT2D eigenvalue weighted by molar-refractivity contribution is 0.0696. The topological polar surface area (TPSA) is 43.8 Å². The molecule has 17 heavy (non-hydrogen) atoms. The number of nitrogens with zero attached hydrogens (tertiary/aromatic N) is 2. The average Bonchev–Trinajstić information content (AvgIpc) is 2.25. The first kappa shape index (κ1) is 13.5. The number of carbonyl (C=O) groups is 1. The maximum atomic E-state index is 10.9. The van der Waals surface area contributed by atoms with Gasteiger partial charge in [-0.15, -0.1) is 0 Å². The fraction of sp³-hybridized carbons (Fsp3) is 0.462. The number of aromatic carboxylic acids is 1. The molecular weight excluding hydrogens is 216 g/mol. The summed E-state index contributed by atoms with van der Waals surface area (Å²) in [7, 11) is 6.08. The normalized spacial score (nSPS) is 10.6. The molecule has 4 heteroatoms. The molecule has 94 valence electrons. The number of carboxylic acids is 1. The van der Waals surface area contributed by atoms with Gasteiger partial charge in [-0.05, 0) is 44.8 Å². The summed E-state index contributed by atoms with van der Waals surface area (Å²) in [5.74, 6) is -0.870. The summed E-state index contributed by atoms with van der Waals surface area (Å²) < 4.78 is 0. The van der Waals surface area contributed by atoms with Gasteiger partial charge >= 0.3 is 5.97 Å². The van der Waals surface area contributed by atoms with E-state index in [9.17, 15) is 4.79 Å². The van der Waals surface area contributed by atoms with Crippen molar-refractivity contribution < 1.29 is 9.90 Å². The van der Waals surface area contributed by atoms with Crippen LogP contribution in [0.25, 0.3) is 0 Å². The average molecular weight is 236 g/mol. The van der Waals surface area contributed by atoms with Gasteiger partial charge in [-0.3, -0.25) is 0 Å². The SMILES string of the molecule is Cc1cc(N(C)CCN(C)C)ccc1C(=O)O. The maximum absolute atomic E-state index is 10.9. The lowest BCUT2D eigenvalue weighted by Crippen LogP contribution is -2.28. The zero-order chi connectivity index (χ0) is 13.0. The number of hydrogen-bond acceptors (Lipinski definition) is 3. The summed E-state index contributed by atoms with van der Waals surface area (Å²) in [5.41, 5.74) is 2.22. The van der Waals surface area contributed by atoms with E-state index in [-0.39, 0.29) is 0 Å². The molecule has 0 unspecified atom stereocenters. The van der Waals surface area contributed by atoms with Crippen LogP contribution in [-0.2, 0) is 0 Å². The predicted molar refractivity (Wildman–Crippen MR) is 70.0 cm³/mol. The second-order valence-corrected chi connectivity index (χ2v) is 4.53. The fourth-order valence-electron chi connectivity index (χ4n) is 1.60. The number of aryl methyl sites for hydroxylation is 1. The Morgan fingerprint density at radius 3 is 2.35 bits per heavy atom. The molecule has 1 aromatic carbocycles. The van der Waals surface area contributed by atoms with Crippen LogP contribution >= 0.6 is 0 Å². The molecule has 0 aliphatic carbocycles. The Kier molecular flexibility index (Phi) is 4.52. The van der Waals surface area contributed by atoms with Crippen molar-refractivity contribution in [3.8, 4) is 0 Å². The highest BCUT2D eigenvalue weighted by Gasteiger charge is 2.09. The second-order valence-electron chi connectivity index (χ2n) is 4.53. The van der Waals surface area contributed by atoms with Gasteiger partial charge in [-0.2, -0.15) is 0 Å². The number of anilines is 1. The molecule has 0 aliphatic rings. The third-order valence-electron chi connectivity index (χ3n) is 2.76. The van der Waals surface area contributed by atoms with Crippen molar-refractivity contribution in [2.45, 2.75) is 6.92 Å². The van der Waals surface area contributed by atoms with Gasteiger partial charge in [0.2, 0.25) is 0 Å². The van der Waals surface area contributed by atoms with E-state index in [2.05, 4.69) is 9.80 Å². The Hall–Kier alpha value is -1.55. The van der Waals surface area contributed by atoms with Crippen LogP contribution in [0, 0.1) is 6.92 Å². The Bertz CT molecular complexity index is 402. The van der Waals surface area contributed by atoms with Crippen molar-refractivity contribution in [2.75, 3.05) is 39.1 Å². The zero-order valence-electron chi connectivity index (χ0n) is 10.9. The minimum atomic E-state index is -0.870. The van der Waals surface area contributed by atoms with Crippen LogP contribution in [0.5, 0.6) is 0 Å². The third-order valence-corrected chi connectivity index (χ3v) is 2.76. The molecule has 0 radical (unpaired) electrons. The Labute approximate surface area is 102 Å². The molecule has 0 atom stereocenters. The maximum Gasteiger partial charge on any atom is 0.335 e. The summed E-state index contributed by atoms with van der Waals surface area (Å²) in [6.45, 7) is 3.71. The van der Waals surface area contributed by atoms with Crippen LogP contribution < -0.4 is 4.90 Å². The van der Waals surface area contributed by atoms with Gasteiger partial charge in [0.05, 0.1) is 5.56 Å². The van der Waals surface area contributed by atoms with E-state index < -0.39 is 5.97 Å². The van der Waals surface area contributed by atoms with Crippen molar-refractivity contribution in [1.29, 1.82) is 0 Å². The molecule has 1 aromatic rings. The summed E-state index contributed by atoms with van der Waals surface area (Å²) in [5, 5.41) is 8.95. The molecule has 0 fully saturated rings. The molecular formula is C13H20N2O2. The molecule has 0 heterocycles. The van der Waals surface area contributed by atoms with Gasteiger partial charge in [0.15, 0.2) is 0 Å². The zero-order valence-corrected chi connectivity index (χ0v) is 10.9. The van der Waals surface area contributed by atoms with E-state index in [1.54, 1.807) is 6.07 Å². The van der Waals surface area contributed by atoms with Crippen molar-refractivity contribution in [2.24, 2.45) is 0 Å². The first-order valence-corrected chi connectivity index (χ1v) is 5.61. The molecule has 0 saturated heterocycles. The Morgan fingerprint density at radius 2 is 1.88 bits per heavy atom. The summed E-state index contributed by atoms with van der Waals surface area (Å²) in [6.07, 6.45) is 0. The second kappa shape index (κ2) is 5.68. The molecule has 0 aliphatic heterocycles. The largest absolute Gasteiger partial charge is 0.478 e. The molecule has 4 nitrogen and oxygen atoms in total. The number of rotatable bonds is 5. The van der Waals surface area contributed by atoms with Crippen LogP contribution in [0.1, 0.15) is 15.9 Å². The summed E-state index contributed by atoms with van der Waals surface area (Å²) in [4.78, 5) is 15.1. The highest BCUT2D eigenvalue weighted by Crippen LogP contribution is 2.18. The summed E-state index contributed by atoms with van der Waals surface area (Å²) in [6, 6.07) is 5.43. The highest BCUT2D eigenvalue weighted by atomic mass is 16.4.